The summed E-state index contributed by atoms with van der Waals surface area (Å²) in [6.07, 6.45) is 12.1. The minimum Gasteiger partial charge on any atom is -0.360 e. The number of rotatable bonds is 10. The van der Waals surface area contributed by atoms with Crippen molar-refractivity contribution in [1.29, 1.82) is 0 Å². The molecule has 4 aliphatic rings. The maximum atomic E-state index is 6.90. The quantitative estimate of drug-likeness (QED) is 0.182. The molecular formula is C34H47B2N7O3S. The Balaban J connectivity index is 1.32. The summed E-state index contributed by atoms with van der Waals surface area (Å²) < 4.78 is 20.9. The number of likely N-dealkylation sites (tertiary alicyclic amines) is 1. The van der Waals surface area contributed by atoms with E-state index in [0.29, 0.717) is 59.9 Å². The van der Waals surface area contributed by atoms with Gasteiger partial charge in [-0.25, -0.2) is 14.6 Å². The molecule has 3 aliphatic heterocycles. The second-order valence-electron chi connectivity index (χ2n) is 14.0. The zero-order valence-corrected chi connectivity index (χ0v) is 29.2. The first-order valence-corrected chi connectivity index (χ1v) is 18.8. The van der Waals surface area contributed by atoms with Crippen molar-refractivity contribution in [2.24, 2.45) is 5.92 Å². The highest BCUT2D eigenvalue weighted by Crippen LogP contribution is 2.48. The number of hydrogen-bond donors (Lipinski definition) is 1. The third kappa shape index (κ3) is 6.24. The van der Waals surface area contributed by atoms with E-state index < -0.39 is 5.79 Å². The number of nitrogens with one attached hydrogen (secondary N) is 1. The lowest BCUT2D eigenvalue weighted by atomic mass is 9.72. The molecule has 0 bridgehead atoms. The summed E-state index contributed by atoms with van der Waals surface area (Å²) in [5.41, 5.74) is 4.31. The van der Waals surface area contributed by atoms with Crippen LogP contribution in [0, 0.1) is 5.92 Å². The lowest BCUT2D eigenvalue weighted by molar-refractivity contribution is -0.186. The van der Waals surface area contributed by atoms with E-state index in [1.54, 1.807) is 11.8 Å². The van der Waals surface area contributed by atoms with Crippen LogP contribution in [0.2, 0.25) is 0 Å². The van der Waals surface area contributed by atoms with Crippen LogP contribution in [-0.4, -0.2) is 103 Å². The average molecular weight is 655 g/mol. The zero-order chi connectivity index (χ0) is 32.7. The summed E-state index contributed by atoms with van der Waals surface area (Å²) in [4.78, 5) is 12.7. The Kier molecular flexibility index (Phi) is 9.91. The third-order valence-corrected chi connectivity index (χ3v) is 11.5. The van der Waals surface area contributed by atoms with Crippen molar-refractivity contribution in [3.63, 3.8) is 0 Å². The molecule has 47 heavy (non-hydrogen) atoms. The monoisotopic (exact) mass is 655 g/mol. The van der Waals surface area contributed by atoms with Gasteiger partial charge in [0.25, 0.3) is 0 Å². The summed E-state index contributed by atoms with van der Waals surface area (Å²) >= 11 is 1.56. The van der Waals surface area contributed by atoms with E-state index in [2.05, 4.69) is 36.3 Å². The van der Waals surface area contributed by atoms with Gasteiger partial charge in [0.2, 0.25) is 0 Å². The van der Waals surface area contributed by atoms with Gasteiger partial charge in [0, 0.05) is 24.1 Å². The van der Waals surface area contributed by atoms with Crippen molar-refractivity contribution in [2.45, 2.75) is 113 Å². The Bertz CT molecular complexity index is 1610. The molecule has 3 aromatic heterocycles. The summed E-state index contributed by atoms with van der Waals surface area (Å²) in [6.45, 7) is 8.37. The van der Waals surface area contributed by atoms with Crippen LogP contribution >= 0.6 is 11.8 Å². The van der Waals surface area contributed by atoms with E-state index in [4.69, 9.17) is 44.8 Å². The number of nitrogens with zero attached hydrogens (tertiary/aromatic N) is 6. The molecule has 3 fully saturated rings. The first-order valence-electron chi connectivity index (χ1n) is 17.6. The average Bonchev–Trinajstić information content (AvgIpc) is 3.90. The Hall–Kier alpha value is -2.18. The van der Waals surface area contributed by atoms with Crippen LogP contribution in [0.5, 0.6) is 0 Å². The first kappa shape index (κ1) is 33.3. The molecule has 3 aromatic rings. The number of piperidine rings is 1. The van der Waals surface area contributed by atoms with Gasteiger partial charge < -0.3 is 24.2 Å². The van der Waals surface area contributed by atoms with E-state index in [9.17, 15) is 0 Å². The molecule has 4 atom stereocenters. The van der Waals surface area contributed by atoms with Gasteiger partial charge in [0.1, 0.15) is 26.5 Å². The van der Waals surface area contributed by atoms with Crippen LogP contribution in [-0.2, 0) is 22.4 Å². The van der Waals surface area contributed by atoms with Gasteiger partial charge in [0.15, 0.2) is 23.0 Å². The molecule has 0 aromatic carbocycles. The highest BCUT2D eigenvalue weighted by molar-refractivity contribution is 7.98. The molecule has 4 radical (unpaired) electrons. The van der Waals surface area contributed by atoms with E-state index in [-0.39, 0.29) is 12.0 Å². The van der Waals surface area contributed by atoms with Crippen molar-refractivity contribution in [1.82, 2.24) is 35.1 Å². The van der Waals surface area contributed by atoms with Gasteiger partial charge in [-0.05, 0) is 83.7 Å². The largest absolute Gasteiger partial charge is 0.360 e. The molecule has 3 unspecified atom stereocenters. The Labute approximate surface area is 285 Å². The minimum atomic E-state index is -0.660. The third-order valence-electron chi connectivity index (χ3n) is 10.9. The SMILES string of the molecule is [B]C(=C([B])[C@H]1CCC(C)CN1)c1nn(CC2CCCN2C)c2nc(-c3noc4c3CCCC4C3(CCCC)OCCO3)nc(SC)c12. The van der Waals surface area contributed by atoms with Crippen molar-refractivity contribution >= 4 is 44.0 Å². The molecule has 1 aliphatic carbocycles. The number of unbranched alkanes of at least 4 members (excludes halogenated alkanes) is 1. The Morgan fingerprint density at radius 3 is 2.64 bits per heavy atom. The molecule has 10 nitrogen and oxygen atoms in total. The van der Waals surface area contributed by atoms with E-state index in [1.165, 1.54) is 6.42 Å². The number of likely N-dealkylation sites (N-methyl/N-ethyl adjacent to an activating group) is 1. The fourth-order valence-corrected chi connectivity index (χ4v) is 8.64. The van der Waals surface area contributed by atoms with E-state index >= 15 is 0 Å². The highest BCUT2D eigenvalue weighted by Gasteiger charge is 2.49. The Morgan fingerprint density at radius 1 is 1.11 bits per heavy atom. The molecule has 0 amide bonds. The number of fused-ring (bicyclic) bond motifs is 2. The molecule has 3 saturated heterocycles. The number of hydrogen-bond acceptors (Lipinski definition) is 10. The van der Waals surface area contributed by atoms with Gasteiger partial charge >= 0.3 is 0 Å². The molecule has 7 rings (SSSR count). The van der Waals surface area contributed by atoms with Crippen molar-refractivity contribution < 1.29 is 14.0 Å². The van der Waals surface area contributed by atoms with E-state index in [1.807, 2.05) is 10.9 Å². The first-order chi connectivity index (χ1) is 22.8. The fraction of sp³-hybridized carbons (Fsp3) is 0.706. The van der Waals surface area contributed by atoms with Crippen molar-refractivity contribution in [2.75, 3.05) is 39.6 Å². The van der Waals surface area contributed by atoms with Crippen LogP contribution in [0.15, 0.2) is 15.0 Å². The summed E-state index contributed by atoms with van der Waals surface area (Å²) in [7, 11) is 15.9. The predicted octanol–water partition coefficient (Wildman–Crippen LogP) is 5.04. The summed E-state index contributed by atoms with van der Waals surface area (Å²) in [5, 5.41) is 15.0. The number of thioether (sulfide) groups is 1. The second-order valence-corrected chi connectivity index (χ2v) is 14.8. The number of ether oxygens (including phenoxy) is 2. The molecule has 6 heterocycles. The molecular weight excluding hydrogens is 608 g/mol. The van der Waals surface area contributed by atoms with Gasteiger partial charge in [-0.1, -0.05) is 30.9 Å². The van der Waals surface area contributed by atoms with Gasteiger partial charge in [-0.3, -0.25) is 0 Å². The van der Waals surface area contributed by atoms with Crippen molar-refractivity contribution in [3.8, 4) is 11.5 Å². The summed E-state index contributed by atoms with van der Waals surface area (Å²) in [6, 6.07) is 0.380. The standard InChI is InChI=1S/C34H47B2N7O3S/c1-5-6-14-34(44-16-17-45-34)23-11-7-10-22-28(41-46-30(22)23)31-38-32-25(33(39-31)47-4)29(40-43(32)19-21-9-8-15-42(21)3)27(36)26(35)24-13-12-20(2)18-37-24/h20-21,23-24,37H,5-19H2,1-4H3/t20?,21?,23?,24-/m1/s1. The fourth-order valence-electron chi connectivity index (χ4n) is 8.07. The van der Waals surface area contributed by atoms with Crippen LogP contribution < -0.4 is 5.32 Å². The van der Waals surface area contributed by atoms with E-state index in [0.717, 1.165) is 98.3 Å². The molecule has 0 spiro atoms. The topological polar surface area (TPSA) is 103 Å². The van der Waals surface area contributed by atoms with Crippen LogP contribution in [0.1, 0.15) is 94.6 Å². The van der Waals surface area contributed by atoms with Crippen LogP contribution in [0.25, 0.3) is 28.0 Å². The maximum Gasteiger partial charge on any atom is 0.185 e. The molecule has 1 N–H and O–H groups in total. The van der Waals surface area contributed by atoms with Gasteiger partial charge in [-0.15, -0.1) is 17.2 Å². The second kappa shape index (κ2) is 14.0. The maximum absolute atomic E-state index is 6.90. The number of aromatic nitrogens is 5. The normalized spacial score (nSPS) is 27.0. The lowest BCUT2D eigenvalue weighted by Gasteiger charge is -2.36. The van der Waals surface area contributed by atoms with Crippen LogP contribution in [0.4, 0.5) is 0 Å². The van der Waals surface area contributed by atoms with Crippen molar-refractivity contribution in [3.05, 3.63) is 22.5 Å². The zero-order valence-electron chi connectivity index (χ0n) is 28.4. The van der Waals surface area contributed by atoms with Gasteiger partial charge in [0.05, 0.1) is 36.8 Å². The molecule has 13 heteroatoms. The summed E-state index contributed by atoms with van der Waals surface area (Å²) in [5.74, 6) is 1.36. The Morgan fingerprint density at radius 2 is 1.94 bits per heavy atom. The van der Waals surface area contributed by atoms with Crippen LogP contribution in [0.3, 0.4) is 0 Å². The molecule has 0 saturated carbocycles. The predicted molar refractivity (Wildman–Crippen MR) is 187 cm³/mol. The lowest BCUT2D eigenvalue weighted by Crippen LogP contribution is -2.39. The minimum absolute atomic E-state index is 0.00960. The molecule has 248 valence electrons. The smallest absolute Gasteiger partial charge is 0.185 e. The van der Waals surface area contributed by atoms with Gasteiger partial charge in [-0.2, -0.15) is 5.10 Å². The highest BCUT2D eigenvalue weighted by atomic mass is 32.2.